The molecule has 0 spiro atoms. The van der Waals surface area contributed by atoms with Crippen LogP contribution in [0.3, 0.4) is 0 Å². The Morgan fingerprint density at radius 2 is 1.97 bits per heavy atom. The van der Waals surface area contributed by atoms with Gasteiger partial charge in [-0.15, -0.1) is 0 Å². The number of sulfonamides is 1. The van der Waals surface area contributed by atoms with Crippen molar-refractivity contribution in [3.05, 3.63) is 65.5 Å². The summed E-state index contributed by atoms with van der Waals surface area (Å²) >= 11 is 0. The number of benzene rings is 2. The molecule has 0 aliphatic carbocycles. The zero-order valence-corrected chi connectivity index (χ0v) is 20.4. The molecule has 0 bridgehead atoms. The third kappa shape index (κ3) is 6.00. The number of halogens is 1. The van der Waals surface area contributed by atoms with Gasteiger partial charge in [0.2, 0.25) is 10.0 Å². The number of hydrogen-bond acceptors (Lipinski definition) is 5. The molecule has 0 saturated heterocycles. The van der Waals surface area contributed by atoms with Crippen LogP contribution in [0.2, 0.25) is 0 Å². The van der Waals surface area contributed by atoms with Crippen molar-refractivity contribution in [3.8, 4) is 5.75 Å². The van der Waals surface area contributed by atoms with E-state index < -0.39 is 16.1 Å². The molecule has 0 aromatic heterocycles. The van der Waals surface area contributed by atoms with Crippen LogP contribution in [0.5, 0.6) is 5.75 Å². The highest BCUT2D eigenvalue weighted by Crippen LogP contribution is 2.34. The van der Waals surface area contributed by atoms with Gasteiger partial charge in [-0.2, -0.15) is 4.31 Å². The number of hydrogen-bond donors (Lipinski definition) is 1. The number of ether oxygens (including phenoxy) is 1. The molecule has 0 amide bonds. The Bertz CT molecular complexity index is 1070. The Labute approximate surface area is 196 Å². The molecule has 1 N–H and O–H groups in total. The molecule has 0 saturated carbocycles. The number of allylic oxidation sites excluding steroid dienone is 1. The van der Waals surface area contributed by atoms with E-state index in [-0.39, 0.29) is 35.9 Å². The summed E-state index contributed by atoms with van der Waals surface area (Å²) in [5, 5.41) is 9.74. The maximum atomic E-state index is 13.5. The smallest absolute Gasteiger partial charge is 0.247 e. The lowest BCUT2D eigenvalue weighted by molar-refractivity contribution is 0.0733. The van der Waals surface area contributed by atoms with Crippen molar-refractivity contribution in [2.75, 3.05) is 26.7 Å². The molecule has 1 aliphatic rings. The third-order valence-electron chi connectivity index (χ3n) is 5.91. The van der Waals surface area contributed by atoms with Gasteiger partial charge in [0.1, 0.15) is 22.6 Å². The SMILES string of the molecule is C/C=C/c1ccc2c(c1)O[C@H](CN(C)Cc1ccc(F)cc1)[C@H](C)CN([C@H](C)CO)S2(=O)=O. The van der Waals surface area contributed by atoms with Crippen LogP contribution in [-0.4, -0.2) is 61.6 Å². The van der Waals surface area contributed by atoms with Crippen LogP contribution in [-0.2, 0) is 16.6 Å². The van der Waals surface area contributed by atoms with E-state index in [9.17, 15) is 17.9 Å². The zero-order chi connectivity index (χ0) is 24.2. The largest absolute Gasteiger partial charge is 0.487 e. The molecular weight excluding hydrogens is 443 g/mol. The van der Waals surface area contributed by atoms with Gasteiger partial charge in [-0.05, 0) is 56.3 Å². The lowest BCUT2D eigenvalue weighted by Crippen LogP contribution is -2.49. The fourth-order valence-electron chi connectivity index (χ4n) is 4.03. The molecule has 1 heterocycles. The van der Waals surface area contributed by atoms with Crippen LogP contribution >= 0.6 is 0 Å². The standard InChI is InChI=1S/C25H33FN2O4S/c1-5-6-20-9-12-25-23(13-20)32-24(16-27(4)15-21-7-10-22(26)11-8-21)18(2)14-28(19(3)17-29)33(25,30)31/h5-13,18-19,24,29H,14-17H2,1-4H3/b6-5+/t18-,19-,24-/m1/s1. The maximum Gasteiger partial charge on any atom is 0.247 e. The van der Waals surface area contributed by atoms with Gasteiger partial charge in [-0.25, -0.2) is 12.8 Å². The maximum absolute atomic E-state index is 13.5. The molecule has 2 aromatic rings. The Balaban J connectivity index is 1.95. The monoisotopic (exact) mass is 476 g/mol. The molecule has 33 heavy (non-hydrogen) atoms. The Morgan fingerprint density at radius 3 is 2.61 bits per heavy atom. The average molecular weight is 477 g/mol. The van der Waals surface area contributed by atoms with E-state index in [1.54, 1.807) is 37.3 Å². The summed E-state index contributed by atoms with van der Waals surface area (Å²) in [4.78, 5) is 2.19. The number of nitrogens with zero attached hydrogens (tertiary/aromatic N) is 2. The quantitative estimate of drug-likeness (QED) is 0.659. The second kappa shape index (κ2) is 10.8. The highest BCUT2D eigenvalue weighted by atomic mass is 32.2. The molecule has 3 rings (SSSR count). The van der Waals surface area contributed by atoms with E-state index in [2.05, 4.69) is 4.90 Å². The molecule has 0 radical (unpaired) electrons. The van der Waals surface area contributed by atoms with Crippen LogP contribution in [0.25, 0.3) is 6.08 Å². The zero-order valence-electron chi connectivity index (χ0n) is 19.6. The van der Waals surface area contributed by atoms with Gasteiger partial charge < -0.3 is 9.84 Å². The van der Waals surface area contributed by atoms with E-state index in [4.69, 9.17) is 4.74 Å². The molecule has 2 aromatic carbocycles. The first-order chi connectivity index (χ1) is 15.6. The van der Waals surface area contributed by atoms with Gasteiger partial charge in [0.25, 0.3) is 0 Å². The summed E-state index contributed by atoms with van der Waals surface area (Å²) < 4.78 is 47.9. The second-order valence-electron chi connectivity index (χ2n) is 8.77. The van der Waals surface area contributed by atoms with Gasteiger partial charge in [0.05, 0.1) is 6.61 Å². The molecular formula is C25H33FN2O4S. The Morgan fingerprint density at radius 1 is 1.27 bits per heavy atom. The number of likely N-dealkylation sites (N-methyl/N-ethyl adjacent to an activating group) is 1. The van der Waals surface area contributed by atoms with E-state index in [1.165, 1.54) is 16.4 Å². The van der Waals surface area contributed by atoms with Gasteiger partial charge in [-0.1, -0.05) is 37.3 Å². The third-order valence-corrected chi connectivity index (χ3v) is 7.93. The van der Waals surface area contributed by atoms with E-state index in [0.29, 0.717) is 18.8 Å². The fraction of sp³-hybridized carbons (Fsp3) is 0.440. The first kappa shape index (κ1) is 25.4. The van der Waals surface area contributed by atoms with Crippen LogP contribution < -0.4 is 4.74 Å². The number of aliphatic hydroxyl groups is 1. The van der Waals surface area contributed by atoms with Crippen molar-refractivity contribution in [3.63, 3.8) is 0 Å². The molecule has 6 nitrogen and oxygen atoms in total. The number of rotatable bonds is 7. The minimum Gasteiger partial charge on any atom is -0.487 e. The summed E-state index contributed by atoms with van der Waals surface area (Å²) in [6.45, 7) is 6.68. The normalized spacial score (nSPS) is 21.9. The summed E-state index contributed by atoms with van der Waals surface area (Å²) in [6, 6.07) is 10.9. The minimum atomic E-state index is -3.85. The van der Waals surface area contributed by atoms with Crippen LogP contribution in [0.1, 0.15) is 31.9 Å². The van der Waals surface area contributed by atoms with E-state index >= 15 is 0 Å². The Hall–Kier alpha value is -2.26. The summed E-state index contributed by atoms with van der Waals surface area (Å²) in [5.74, 6) is -0.0957. The van der Waals surface area contributed by atoms with Gasteiger partial charge >= 0.3 is 0 Å². The molecule has 0 fully saturated rings. The number of aliphatic hydroxyl groups excluding tert-OH is 1. The highest BCUT2D eigenvalue weighted by molar-refractivity contribution is 7.89. The molecule has 8 heteroatoms. The van der Waals surface area contributed by atoms with Crippen molar-refractivity contribution in [1.29, 1.82) is 0 Å². The first-order valence-electron chi connectivity index (χ1n) is 11.1. The second-order valence-corrected chi connectivity index (χ2v) is 10.6. The minimum absolute atomic E-state index is 0.106. The van der Waals surface area contributed by atoms with Crippen molar-refractivity contribution >= 4 is 16.1 Å². The van der Waals surface area contributed by atoms with Crippen molar-refractivity contribution in [2.45, 2.75) is 44.4 Å². The van der Waals surface area contributed by atoms with Gasteiger partial charge in [-0.3, -0.25) is 4.90 Å². The topological polar surface area (TPSA) is 70.1 Å². The lowest BCUT2D eigenvalue weighted by atomic mass is 10.0. The fourth-order valence-corrected chi connectivity index (χ4v) is 5.86. The van der Waals surface area contributed by atoms with Crippen molar-refractivity contribution in [1.82, 2.24) is 9.21 Å². The lowest BCUT2D eigenvalue weighted by Gasteiger charge is -2.37. The summed E-state index contributed by atoms with van der Waals surface area (Å²) in [5.41, 5.74) is 1.83. The summed E-state index contributed by atoms with van der Waals surface area (Å²) in [6.07, 6.45) is 3.48. The predicted molar refractivity (Wildman–Crippen MR) is 128 cm³/mol. The molecule has 180 valence electrons. The van der Waals surface area contributed by atoms with Crippen molar-refractivity contribution in [2.24, 2.45) is 5.92 Å². The first-order valence-corrected chi connectivity index (χ1v) is 12.6. The highest BCUT2D eigenvalue weighted by Gasteiger charge is 2.38. The van der Waals surface area contributed by atoms with Crippen LogP contribution in [0.4, 0.5) is 4.39 Å². The Kier molecular flexibility index (Phi) is 8.28. The van der Waals surface area contributed by atoms with Crippen LogP contribution in [0, 0.1) is 11.7 Å². The molecule has 3 atom stereocenters. The molecule has 0 unspecified atom stereocenters. The van der Waals surface area contributed by atoms with Gasteiger partial charge in [0.15, 0.2) is 0 Å². The van der Waals surface area contributed by atoms with E-state index in [0.717, 1.165) is 11.1 Å². The average Bonchev–Trinajstić information content (AvgIpc) is 2.77. The summed E-state index contributed by atoms with van der Waals surface area (Å²) in [7, 11) is -1.89. The van der Waals surface area contributed by atoms with Crippen LogP contribution in [0.15, 0.2) is 53.4 Å². The van der Waals surface area contributed by atoms with E-state index in [1.807, 2.05) is 33.0 Å². The number of fused-ring (bicyclic) bond motifs is 1. The van der Waals surface area contributed by atoms with Gasteiger partial charge in [0, 0.05) is 31.6 Å². The molecule has 1 aliphatic heterocycles. The predicted octanol–water partition coefficient (Wildman–Crippen LogP) is 3.76. The van der Waals surface area contributed by atoms with Crippen molar-refractivity contribution < 1.29 is 22.7 Å².